The maximum Gasteiger partial charge on any atom is 0.329 e. The maximum atomic E-state index is 13.1. The van der Waals surface area contributed by atoms with Gasteiger partial charge in [0.1, 0.15) is 47.1 Å². The van der Waals surface area contributed by atoms with Crippen LogP contribution in [0, 0.1) is 11.8 Å². The van der Waals surface area contributed by atoms with Gasteiger partial charge in [-0.25, -0.2) is 19.6 Å². The highest BCUT2D eigenvalue weighted by atomic mass is 32.2. The smallest absolute Gasteiger partial charge is 0.329 e. The lowest BCUT2D eigenvalue weighted by atomic mass is 10.0. The second-order valence-electron chi connectivity index (χ2n) is 16.4. The number of hydrogen-bond donors (Lipinski definition) is 7. The molecule has 2 aromatic heterocycles. The first-order chi connectivity index (χ1) is 33.4. The number of thiol groups is 1. The Balaban J connectivity index is 0.000000373. The lowest BCUT2D eigenvalue weighted by molar-refractivity contribution is -0.153. The van der Waals surface area contributed by atoms with Gasteiger partial charge in [0.05, 0.1) is 37.3 Å². The third kappa shape index (κ3) is 19.8. The average Bonchev–Trinajstić information content (AvgIpc) is 3.33. The zero-order chi connectivity index (χ0) is 51.8. The summed E-state index contributed by atoms with van der Waals surface area (Å²) >= 11 is 5.38. The highest BCUT2D eigenvalue weighted by Gasteiger charge is 2.32. The average molecular weight is 1010 g/mol. The van der Waals surface area contributed by atoms with Crippen molar-refractivity contribution in [3.8, 4) is 0 Å². The lowest BCUT2D eigenvalue weighted by Crippen LogP contribution is -2.48. The molecule has 0 aliphatic carbocycles. The SMILES string of the molecule is C/C=C1\NC(=O)c2cccc(n2)CNC(=O)C[C@@H](/C=C/CCS)OC(=O)[C@H](C(C)C)NC1=O.C/C=C1\NC(=O)c2cccc(n2)CNC(=O)C[C@@H](/C=C/CCSC(=O)CC)OC(=O)[C@H](C(C)C)NC1=O. The molecule has 0 unspecified atom stereocenters. The second kappa shape index (κ2) is 30.1. The number of carbonyl (C=O) groups is 9. The largest absolute Gasteiger partial charge is 0.456 e. The van der Waals surface area contributed by atoms with Crippen LogP contribution in [0.2, 0.25) is 0 Å². The van der Waals surface area contributed by atoms with Crippen molar-refractivity contribution in [1.82, 2.24) is 41.9 Å². The van der Waals surface area contributed by atoms with Crippen LogP contribution in [0.15, 0.2) is 84.2 Å². The van der Waals surface area contributed by atoms with Gasteiger partial charge in [-0.15, -0.1) is 0 Å². The number of pyridine rings is 2. The van der Waals surface area contributed by atoms with Crippen LogP contribution in [0.3, 0.4) is 0 Å². The van der Waals surface area contributed by atoms with Crippen LogP contribution < -0.4 is 31.9 Å². The molecule has 0 saturated carbocycles. The molecular formula is C49H64N8O11S2. The molecule has 0 spiro atoms. The Labute approximate surface area is 418 Å². The van der Waals surface area contributed by atoms with Crippen molar-refractivity contribution in [2.24, 2.45) is 11.8 Å². The second-order valence-corrected chi connectivity index (χ2v) is 18.0. The molecule has 2 aromatic rings. The molecule has 4 rings (SSSR count). The molecule has 6 N–H and O–H groups in total. The van der Waals surface area contributed by atoms with Gasteiger partial charge >= 0.3 is 11.9 Å². The van der Waals surface area contributed by atoms with Crippen molar-refractivity contribution in [1.29, 1.82) is 0 Å². The molecule has 0 radical (unpaired) electrons. The van der Waals surface area contributed by atoms with Gasteiger partial charge in [0.25, 0.3) is 23.6 Å². The van der Waals surface area contributed by atoms with Crippen LogP contribution in [0.5, 0.6) is 0 Å². The minimum Gasteiger partial charge on any atom is -0.456 e. The molecule has 2 aliphatic heterocycles. The van der Waals surface area contributed by atoms with Crippen LogP contribution in [0.1, 0.15) is 113 Å². The van der Waals surface area contributed by atoms with Gasteiger partial charge in [-0.3, -0.25) is 33.6 Å². The van der Waals surface area contributed by atoms with Gasteiger partial charge in [0.2, 0.25) is 11.8 Å². The van der Waals surface area contributed by atoms with Crippen molar-refractivity contribution < 1.29 is 52.6 Å². The number of hydrogen-bond acceptors (Lipinski definition) is 15. The van der Waals surface area contributed by atoms with Gasteiger partial charge in [-0.2, -0.15) is 12.6 Å². The number of cyclic esters (lactones) is 2. The Morgan fingerprint density at radius 1 is 0.686 bits per heavy atom. The standard InChI is InChI=1S/C26H34N4O6S.C23H30N4O5S/c1-5-19-24(33)30-23(16(3)4)26(35)36-18(11-7-8-13-37-22(32)6-2)14-21(31)27-15-17-10-9-12-20(28-17)25(34)29-19;1-4-17-21(29)27-20(14(2)3)23(31)32-16(9-5-6-11-33)12-19(28)24-13-15-8-7-10-18(25-15)22(30)26-17/h5,7,9-12,16,18,23H,6,8,13-15H2,1-4H3,(H,27,31)(H,29,34)(H,30,33);4-5,7-10,14,16,20,33H,6,11-13H2,1-3H3,(H,24,28)(H,26,30)(H,27,29)/b11-7+,19-5-;9-5+,17-4-/t18-,23+;16-,20+/m11/s1. The Morgan fingerprint density at radius 3 is 1.50 bits per heavy atom. The maximum absolute atomic E-state index is 13.1. The van der Waals surface area contributed by atoms with E-state index in [4.69, 9.17) is 9.47 Å². The number of thioether (sulfide) groups is 1. The van der Waals surface area contributed by atoms with E-state index in [1.807, 2.05) is 0 Å². The molecule has 0 saturated heterocycles. The van der Waals surface area contributed by atoms with Crippen molar-refractivity contribution in [2.45, 2.75) is 118 Å². The van der Waals surface area contributed by atoms with Crippen molar-refractivity contribution in [3.63, 3.8) is 0 Å². The summed E-state index contributed by atoms with van der Waals surface area (Å²) in [7, 11) is 0. The molecule has 2 aliphatic rings. The fourth-order valence-corrected chi connectivity index (χ4v) is 7.11. The van der Waals surface area contributed by atoms with Crippen LogP contribution in [-0.2, 0) is 56.1 Å². The predicted octanol–water partition coefficient (Wildman–Crippen LogP) is 4.07. The van der Waals surface area contributed by atoms with Crippen LogP contribution in [-0.4, -0.2) is 98.3 Å². The molecule has 19 nitrogen and oxygen atoms in total. The first-order valence-corrected chi connectivity index (χ1v) is 24.5. The Hall–Kier alpha value is -6.61. The van der Waals surface area contributed by atoms with Crippen LogP contribution in [0.25, 0.3) is 0 Å². The van der Waals surface area contributed by atoms with Crippen molar-refractivity contribution in [2.75, 3.05) is 11.5 Å². The number of fused-ring (bicyclic) bond motifs is 4. The zero-order valence-corrected chi connectivity index (χ0v) is 42.2. The number of allylic oxidation sites excluding steroid dienone is 4. The third-order valence-electron chi connectivity index (χ3n) is 10.1. The minimum absolute atomic E-state index is 0.0173. The molecule has 4 heterocycles. The topological polar surface area (TPSA) is 270 Å². The van der Waals surface area contributed by atoms with Crippen molar-refractivity contribution in [3.05, 3.63) is 107 Å². The Morgan fingerprint density at radius 2 is 1.11 bits per heavy atom. The van der Waals surface area contributed by atoms with Crippen LogP contribution >= 0.6 is 24.4 Å². The molecule has 70 heavy (non-hydrogen) atoms. The number of amides is 6. The fraction of sp³-hybridized carbons (Fsp3) is 0.449. The number of aromatic nitrogens is 2. The summed E-state index contributed by atoms with van der Waals surface area (Å²) in [4.78, 5) is 122. The quantitative estimate of drug-likeness (QED) is 0.0582. The lowest BCUT2D eigenvalue weighted by Gasteiger charge is -2.24. The van der Waals surface area contributed by atoms with Gasteiger partial charge in [-0.1, -0.05) is 82.8 Å². The molecule has 21 heteroatoms. The normalized spacial score (nSPS) is 21.5. The van der Waals surface area contributed by atoms with E-state index in [1.54, 1.807) is 97.0 Å². The first kappa shape index (κ1) is 57.7. The number of nitrogens with zero attached hydrogens (tertiary/aromatic N) is 2. The minimum atomic E-state index is -1.02. The monoisotopic (exact) mass is 1000 g/mol. The third-order valence-corrected chi connectivity index (χ3v) is 11.4. The van der Waals surface area contributed by atoms with Crippen LogP contribution in [0.4, 0.5) is 0 Å². The van der Waals surface area contributed by atoms with E-state index in [1.165, 1.54) is 36.0 Å². The summed E-state index contributed by atoms with van der Waals surface area (Å²) in [5, 5.41) is 15.8. The molecule has 0 fully saturated rings. The molecule has 0 aromatic carbocycles. The van der Waals surface area contributed by atoms with E-state index in [2.05, 4.69) is 54.5 Å². The first-order valence-electron chi connectivity index (χ1n) is 22.9. The Bertz CT molecular complexity index is 2330. The van der Waals surface area contributed by atoms with Gasteiger partial charge in [0.15, 0.2) is 5.12 Å². The summed E-state index contributed by atoms with van der Waals surface area (Å²) in [5.41, 5.74) is 1.03. The van der Waals surface area contributed by atoms with E-state index in [0.717, 1.165) is 0 Å². The summed E-state index contributed by atoms with van der Waals surface area (Å²) in [5.74, 6) is -4.06. The molecular weight excluding hydrogens is 941 g/mol. The van der Waals surface area contributed by atoms with Crippen molar-refractivity contribution >= 4 is 76.9 Å². The summed E-state index contributed by atoms with van der Waals surface area (Å²) in [6.45, 7) is 12.1. The summed E-state index contributed by atoms with van der Waals surface area (Å²) < 4.78 is 11.2. The summed E-state index contributed by atoms with van der Waals surface area (Å²) in [6, 6.07) is 7.59. The number of ether oxygens (including phenoxy) is 2. The van der Waals surface area contributed by atoms with E-state index in [0.29, 0.717) is 42.2 Å². The van der Waals surface area contributed by atoms with Gasteiger partial charge in [-0.05, 0) is 80.7 Å². The fourth-order valence-electron chi connectivity index (χ4n) is 6.28. The predicted molar refractivity (Wildman–Crippen MR) is 266 cm³/mol. The van der Waals surface area contributed by atoms with E-state index in [-0.39, 0.29) is 77.5 Å². The van der Waals surface area contributed by atoms with E-state index in [9.17, 15) is 43.2 Å². The highest BCUT2D eigenvalue weighted by Crippen LogP contribution is 2.15. The molecule has 4 atom stereocenters. The number of esters is 2. The number of rotatable bonds is 10. The molecule has 6 amide bonds. The number of carbonyl (C=O) groups excluding carboxylic acids is 9. The van der Waals surface area contributed by atoms with Gasteiger partial charge < -0.3 is 41.4 Å². The number of nitrogens with one attached hydrogen (secondary N) is 6. The van der Waals surface area contributed by atoms with E-state index >= 15 is 0 Å². The van der Waals surface area contributed by atoms with Gasteiger partial charge in [0, 0.05) is 12.2 Å². The Kier molecular flexibility index (Phi) is 24.8. The van der Waals surface area contributed by atoms with E-state index < -0.39 is 59.9 Å². The highest BCUT2D eigenvalue weighted by molar-refractivity contribution is 8.13. The molecule has 378 valence electrons. The summed E-state index contributed by atoms with van der Waals surface area (Å²) in [6.07, 6.45) is 9.38. The molecule has 4 bridgehead atoms. The zero-order valence-electron chi connectivity index (χ0n) is 40.5.